The third-order valence-electron chi connectivity index (χ3n) is 11.0. The highest BCUT2D eigenvalue weighted by Gasteiger charge is 2.21. The molecule has 2 nitrogen and oxygen atoms in total. The van der Waals surface area contributed by atoms with Crippen molar-refractivity contribution in [1.82, 2.24) is 4.57 Å². The van der Waals surface area contributed by atoms with Crippen LogP contribution in [0.25, 0.3) is 72.4 Å². The zero-order chi connectivity index (χ0) is 38.7. The Labute approximate surface area is 340 Å². The molecule has 2 heteroatoms. The minimum Gasteiger partial charge on any atom is -0.310 e. The Morgan fingerprint density at radius 1 is 0.276 bits per heavy atom. The summed E-state index contributed by atoms with van der Waals surface area (Å²) in [5.74, 6) is 0. The maximum absolute atomic E-state index is 2.44. The molecule has 274 valence electrons. The van der Waals surface area contributed by atoms with E-state index in [4.69, 9.17) is 0 Å². The molecule has 1 aromatic heterocycles. The number of hydrogen-bond donors (Lipinski definition) is 0. The minimum atomic E-state index is 1.09. The van der Waals surface area contributed by atoms with Crippen LogP contribution in [0, 0.1) is 0 Å². The van der Waals surface area contributed by atoms with E-state index in [0.717, 1.165) is 33.9 Å². The minimum absolute atomic E-state index is 1.09. The standard InChI is InChI=1S/C56H40N2/c1-5-17-41(18-6-1)43-31-35-49(36-32-43)57(50-37-33-44(34-38-50)42-19-7-2-8-20-42)51-27-15-25-47(39-51)48-26-16-28-52(40-48)58-54-30-14-13-29-53(54)55(45-21-9-3-10-22-45)56(58)46-23-11-4-12-24-46/h1-40H. The number of hydrogen-bond acceptors (Lipinski definition) is 1. The number of fused-ring (bicyclic) bond motifs is 1. The van der Waals surface area contributed by atoms with E-state index in [1.54, 1.807) is 0 Å². The van der Waals surface area contributed by atoms with Crippen LogP contribution in [0.5, 0.6) is 0 Å². The van der Waals surface area contributed by atoms with Gasteiger partial charge in [-0.1, -0.05) is 188 Å². The van der Waals surface area contributed by atoms with Gasteiger partial charge in [0.15, 0.2) is 0 Å². The number of para-hydroxylation sites is 1. The summed E-state index contributed by atoms with van der Waals surface area (Å²) >= 11 is 0. The Bertz CT molecular complexity index is 2870. The molecule has 1 heterocycles. The fraction of sp³-hybridized carbons (Fsp3) is 0. The van der Waals surface area contributed by atoms with E-state index in [1.807, 2.05) is 0 Å². The molecule has 0 aliphatic heterocycles. The Morgan fingerprint density at radius 2 is 0.707 bits per heavy atom. The molecule has 0 aliphatic carbocycles. The molecule has 0 fully saturated rings. The van der Waals surface area contributed by atoms with Gasteiger partial charge in [0.05, 0.1) is 11.2 Å². The quantitative estimate of drug-likeness (QED) is 0.143. The van der Waals surface area contributed by atoms with Crippen molar-refractivity contribution in [2.75, 3.05) is 4.90 Å². The van der Waals surface area contributed by atoms with Crippen molar-refractivity contribution >= 4 is 28.0 Å². The summed E-state index contributed by atoms with van der Waals surface area (Å²) in [7, 11) is 0. The average Bonchev–Trinajstić information content (AvgIpc) is 3.66. The smallest absolute Gasteiger partial charge is 0.0619 e. The molecule has 9 aromatic carbocycles. The second kappa shape index (κ2) is 15.5. The fourth-order valence-corrected chi connectivity index (χ4v) is 8.24. The number of rotatable bonds is 9. The summed E-state index contributed by atoms with van der Waals surface area (Å²) < 4.78 is 2.44. The molecule has 58 heavy (non-hydrogen) atoms. The Kier molecular flexibility index (Phi) is 9.27. The van der Waals surface area contributed by atoms with Crippen LogP contribution < -0.4 is 4.90 Å². The molecular weight excluding hydrogens is 701 g/mol. The third kappa shape index (κ3) is 6.67. The molecule has 0 bridgehead atoms. The fourth-order valence-electron chi connectivity index (χ4n) is 8.24. The van der Waals surface area contributed by atoms with Crippen LogP contribution in [-0.2, 0) is 0 Å². The van der Waals surface area contributed by atoms with Crippen LogP contribution in [-0.4, -0.2) is 4.57 Å². The van der Waals surface area contributed by atoms with Crippen LogP contribution in [0.2, 0.25) is 0 Å². The molecule has 0 N–H and O–H groups in total. The molecule has 0 saturated carbocycles. The van der Waals surface area contributed by atoms with E-state index in [9.17, 15) is 0 Å². The van der Waals surface area contributed by atoms with Gasteiger partial charge in [-0.05, 0) is 99.1 Å². The molecule has 0 radical (unpaired) electrons. The molecule has 0 saturated heterocycles. The average molecular weight is 741 g/mol. The summed E-state index contributed by atoms with van der Waals surface area (Å²) in [5, 5.41) is 1.23. The van der Waals surface area contributed by atoms with Crippen LogP contribution in [0.15, 0.2) is 243 Å². The van der Waals surface area contributed by atoms with E-state index in [1.165, 1.54) is 55.5 Å². The van der Waals surface area contributed by atoms with Gasteiger partial charge in [0.25, 0.3) is 0 Å². The van der Waals surface area contributed by atoms with Gasteiger partial charge in [-0.3, -0.25) is 0 Å². The molecular formula is C56H40N2. The highest BCUT2D eigenvalue weighted by molar-refractivity contribution is 6.06. The Balaban J connectivity index is 1.09. The summed E-state index contributed by atoms with van der Waals surface area (Å²) in [6.45, 7) is 0. The topological polar surface area (TPSA) is 8.17 Å². The molecule has 0 unspecified atom stereocenters. The zero-order valence-corrected chi connectivity index (χ0v) is 32.0. The maximum Gasteiger partial charge on any atom is 0.0619 e. The van der Waals surface area contributed by atoms with Crippen molar-refractivity contribution in [2.45, 2.75) is 0 Å². The SMILES string of the molecule is c1ccc(-c2ccc(N(c3ccc(-c4ccccc4)cc3)c3cccc(-c4cccc(-n5c(-c6ccccc6)c(-c6ccccc6)c6ccccc65)c4)c3)cc2)cc1. The molecule has 10 rings (SSSR count). The van der Waals surface area contributed by atoms with Gasteiger partial charge in [-0.15, -0.1) is 0 Å². The Hall–Kier alpha value is -7.68. The van der Waals surface area contributed by atoms with Crippen LogP contribution >= 0.6 is 0 Å². The van der Waals surface area contributed by atoms with E-state index >= 15 is 0 Å². The van der Waals surface area contributed by atoms with E-state index in [2.05, 4.69) is 252 Å². The monoisotopic (exact) mass is 740 g/mol. The van der Waals surface area contributed by atoms with Gasteiger partial charge in [0.1, 0.15) is 0 Å². The lowest BCUT2D eigenvalue weighted by molar-refractivity contribution is 1.14. The van der Waals surface area contributed by atoms with E-state index < -0.39 is 0 Å². The van der Waals surface area contributed by atoms with Gasteiger partial charge >= 0.3 is 0 Å². The highest BCUT2D eigenvalue weighted by atomic mass is 15.1. The maximum atomic E-state index is 2.44. The molecule has 0 atom stereocenters. The number of anilines is 3. The van der Waals surface area contributed by atoms with Crippen LogP contribution in [0.3, 0.4) is 0 Å². The lowest BCUT2D eigenvalue weighted by atomic mass is 9.98. The van der Waals surface area contributed by atoms with Crippen molar-refractivity contribution in [2.24, 2.45) is 0 Å². The van der Waals surface area contributed by atoms with Gasteiger partial charge in [-0.25, -0.2) is 0 Å². The van der Waals surface area contributed by atoms with Gasteiger partial charge in [0.2, 0.25) is 0 Å². The lowest BCUT2D eigenvalue weighted by Gasteiger charge is -2.26. The summed E-state index contributed by atoms with van der Waals surface area (Å²) in [6, 6.07) is 87.2. The van der Waals surface area contributed by atoms with Crippen LogP contribution in [0.1, 0.15) is 0 Å². The first-order valence-corrected chi connectivity index (χ1v) is 19.8. The largest absolute Gasteiger partial charge is 0.310 e. The zero-order valence-electron chi connectivity index (χ0n) is 32.0. The predicted molar refractivity (Wildman–Crippen MR) is 245 cm³/mol. The third-order valence-corrected chi connectivity index (χ3v) is 11.0. The molecule has 0 spiro atoms. The second-order valence-electron chi connectivity index (χ2n) is 14.6. The van der Waals surface area contributed by atoms with Gasteiger partial charge in [0, 0.05) is 33.7 Å². The summed E-state index contributed by atoms with van der Waals surface area (Å²) in [5.41, 5.74) is 17.5. The van der Waals surface area contributed by atoms with E-state index in [0.29, 0.717) is 0 Å². The first-order chi connectivity index (χ1) is 28.8. The van der Waals surface area contributed by atoms with Crippen molar-refractivity contribution in [3.05, 3.63) is 243 Å². The lowest BCUT2D eigenvalue weighted by Crippen LogP contribution is -2.10. The van der Waals surface area contributed by atoms with E-state index in [-0.39, 0.29) is 0 Å². The predicted octanol–water partition coefficient (Wildman–Crippen LogP) is 15.4. The van der Waals surface area contributed by atoms with Crippen molar-refractivity contribution < 1.29 is 0 Å². The molecule has 0 amide bonds. The van der Waals surface area contributed by atoms with Crippen molar-refractivity contribution in [3.63, 3.8) is 0 Å². The summed E-state index contributed by atoms with van der Waals surface area (Å²) in [6.07, 6.45) is 0. The van der Waals surface area contributed by atoms with Gasteiger partial charge < -0.3 is 9.47 Å². The van der Waals surface area contributed by atoms with Crippen molar-refractivity contribution in [1.29, 1.82) is 0 Å². The normalized spacial score (nSPS) is 11.1. The number of benzene rings is 9. The van der Waals surface area contributed by atoms with Gasteiger partial charge in [-0.2, -0.15) is 0 Å². The Morgan fingerprint density at radius 3 is 1.28 bits per heavy atom. The highest BCUT2D eigenvalue weighted by Crippen LogP contribution is 2.44. The van der Waals surface area contributed by atoms with Crippen molar-refractivity contribution in [3.8, 4) is 61.5 Å². The molecule has 0 aliphatic rings. The second-order valence-corrected chi connectivity index (χ2v) is 14.6. The summed E-state index contributed by atoms with van der Waals surface area (Å²) in [4.78, 5) is 2.36. The number of nitrogens with zero attached hydrogens (tertiary/aromatic N) is 2. The first-order valence-electron chi connectivity index (χ1n) is 19.8. The number of aromatic nitrogens is 1. The first kappa shape index (κ1) is 34.8. The molecule has 10 aromatic rings. The van der Waals surface area contributed by atoms with Crippen LogP contribution in [0.4, 0.5) is 17.1 Å².